The molecule has 0 aliphatic carbocycles. The van der Waals surface area contributed by atoms with Crippen LogP contribution in [0.3, 0.4) is 0 Å². The number of hydrogen-bond donors (Lipinski definition) is 0. The van der Waals surface area contributed by atoms with Crippen LogP contribution in [0.25, 0.3) is 0 Å². The molecule has 0 N–H and O–H groups in total. The molecule has 2 rings (SSSR count). The highest BCUT2D eigenvalue weighted by molar-refractivity contribution is 9.10. The molecule has 6 heteroatoms. The van der Waals surface area contributed by atoms with Crippen LogP contribution in [0, 0.1) is 10.1 Å². The van der Waals surface area contributed by atoms with E-state index in [1.165, 1.54) is 19.1 Å². The van der Waals surface area contributed by atoms with Crippen LogP contribution in [0.1, 0.15) is 17.3 Å². The lowest BCUT2D eigenvalue weighted by Gasteiger charge is -2.08. The Morgan fingerprint density at radius 1 is 1.25 bits per heavy atom. The van der Waals surface area contributed by atoms with Gasteiger partial charge < -0.3 is 4.74 Å². The Labute approximate surface area is 123 Å². The van der Waals surface area contributed by atoms with Gasteiger partial charge in [-0.15, -0.1) is 0 Å². The Morgan fingerprint density at radius 2 is 2.00 bits per heavy atom. The lowest BCUT2D eigenvalue weighted by atomic mass is 10.1. The van der Waals surface area contributed by atoms with E-state index in [4.69, 9.17) is 4.74 Å². The smallest absolute Gasteiger partial charge is 0.273 e. The summed E-state index contributed by atoms with van der Waals surface area (Å²) in [5.41, 5.74) is 0.454. The van der Waals surface area contributed by atoms with Crippen molar-refractivity contribution >= 4 is 27.4 Å². The molecule has 0 saturated carbocycles. The van der Waals surface area contributed by atoms with Crippen LogP contribution in [0.2, 0.25) is 0 Å². The molecule has 0 aliphatic heterocycles. The molecule has 0 unspecified atom stereocenters. The minimum absolute atomic E-state index is 0.0640. The second-order valence-corrected chi connectivity index (χ2v) is 4.91. The summed E-state index contributed by atoms with van der Waals surface area (Å²) in [5, 5.41) is 10.8. The number of halogens is 1. The number of non-ortho nitro benzene ring substituents is 1. The molecule has 0 atom stereocenters. The van der Waals surface area contributed by atoms with Gasteiger partial charge in [0.15, 0.2) is 5.78 Å². The van der Waals surface area contributed by atoms with Crippen molar-refractivity contribution < 1.29 is 14.5 Å². The standard InChI is InChI=1S/C14H10BrNO4/c1-9(17)10-3-2-4-12(7-10)20-14-8-11(16(18)19)5-6-13(14)15/h2-8H,1H3. The first kappa shape index (κ1) is 14.2. The maximum absolute atomic E-state index is 11.3. The van der Waals surface area contributed by atoms with E-state index in [0.717, 1.165) is 0 Å². The topological polar surface area (TPSA) is 69.4 Å². The van der Waals surface area contributed by atoms with Gasteiger partial charge in [-0.3, -0.25) is 14.9 Å². The number of ketones is 1. The average Bonchev–Trinajstić information content (AvgIpc) is 2.41. The highest BCUT2D eigenvalue weighted by atomic mass is 79.9. The van der Waals surface area contributed by atoms with Crippen molar-refractivity contribution in [2.24, 2.45) is 0 Å². The molecule has 0 aromatic heterocycles. The first-order valence-electron chi connectivity index (χ1n) is 5.70. The minimum atomic E-state index is -0.495. The molecule has 0 aliphatic rings. The maximum Gasteiger partial charge on any atom is 0.273 e. The van der Waals surface area contributed by atoms with Gasteiger partial charge in [-0.25, -0.2) is 0 Å². The second kappa shape index (κ2) is 5.83. The van der Waals surface area contributed by atoms with E-state index >= 15 is 0 Å². The van der Waals surface area contributed by atoms with E-state index in [0.29, 0.717) is 21.5 Å². The molecule has 5 nitrogen and oxygen atoms in total. The van der Waals surface area contributed by atoms with Crippen molar-refractivity contribution in [1.82, 2.24) is 0 Å². The van der Waals surface area contributed by atoms with E-state index in [2.05, 4.69) is 15.9 Å². The number of carbonyl (C=O) groups is 1. The van der Waals surface area contributed by atoms with Crippen LogP contribution in [-0.2, 0) is 0 Å². The first-order valence-corrected chi connectivity index (χ1v) is 6.49. The number of nitro benzene ring substituents is 1. The molecule has 0 bridgehead atoms. The van der Waals surface area contributed by atoms with Crippen molar-refractivity contribution in [3.63, 3.8) is 0 Å². The number of rotatable bonds is 4. The fraction of sp³-hybridized carbons (Fsp3) is 0.0714. The Kier molecular flexibility index (Phi) is 4.14. The Balaban J connectivity index is 2.34. The molecule has 0 heterocycles. The fourth-order valence-corrected chi connectivity index (χ4v) is 1.92. The van der Waals surface area contributed by atoms with Crippen molar-refractivity contribution in [3.05, 3.63) is 62.6 Å². The van der Waals surface area contributed by atoms with Gasteiger partial charge in [0.05, 0.1) is 15.5 Å². The zero-order chi connectivity index (χ0) is 14.7. The number of nitrogens with zero attached hydrogens (tertiary/aromatic N) is 1. The van der Waals surface area contributed by atoms with Crippen LogP contribution in [0.5, 0.6) is 11.5 Å². The number of Topliss-reactive ketones (excluding diaryl/α,β-unsaturated/α-hetero) is 1. The molecule has 2 aromatic carbocycles. The van der Waals surface area contributed by atoms with Crippen LogP contribution < -0.4 is 4.74 Å². The minimum Gasteiger partial charge on any atom is -0.456 e. The normalized spacial score (nSPS) is 10.1. The van der Waals surface area contributed by atoms with Gasteiger partial charge in [0, 0.05) is 11.6 Å². The predicted molar refractivity (Wildman–Crippen MR) is 77.3 cm³/mol. The third-order valence-electron chi connectivity index (χ3n) is 2.59. The SMILES string of the molecule is CC(=O)c1cccc(Oc2cc([N+](=O)[O-])ccc2Br)c1. The Morgan fingerprint density at radius 3 is 2.65 bits per heavy atom. The van der Waals surface area contributed by atoms with Gasteiger partial charge in [-0.1, -0.05) is 12.1 Å². The lowest BCUT2D eigenvalue weighted by Crippen LogP contribution is -1.94. The van der Waals surface area contributed by atoms with Gasteiger partial charge in [0.25, 0.3) is 5.69 Å². The van der Waals surface area contributed by atoms with Crippen LogP contribution >= 0.6 is 15.9 Å². The van der Waals surface area contributed by atoms with Gasteiger partial charge in [0.2, 0.25) is 0 Å². The molecule has 20 heavy (non-hydrogen) atoms. The summed E-state index contributed by atoms with van der Waals surface area (Å²) >= 11 is 3.27. The zero-order valence-corrected chi connectivity index (χ0v) is 12.1. The number of nitro groups is 1. The number of benzene rings is 2. The highest BCUT2D eigenvalue weighted by Gasteiger charge is 2.11. The number of hydrogen-bond acceptors (Lipinski definition) is 4. The zero-order valence-electron chi connectivity index (χ0n) is 10.5. The van der Waals surface area contributed by atoms with Gasteiger partial charge in [-0.2, -0.15) is 0 Å². The Hall–Kier alpha value is -2.21. The van der Waals surface area contributed by atoms with E-state index in [-0.39, 0.29) is 11.5 Å². The highest BCUT2D eigenvalue weighted by Crippen LogP contribution is 2.33. The van der Waals surface area contributed by atoms with Crippen LogP contribution in [0.15, 0.2) is 46.9 Å². The molecule has 0 saturated heterocycles. The summed E-state index contributed by atoms with van der Waals surface area (Å²) < 4.78 is 6.18. The van der Waals surface area contributed by atoms with Gasteiger partial charge in [-0.05, 0) is 41.1 Å². The molecule has 102 valence electrons. The van der Waals surface area contributed by atoms with Crippen molar-refractivity contribution in [3.8, 4) is 11.5 Å². The largest absolute Gasteiger partial charge is 0.456 e. The van der Waals surface area contributed by atoms with E-state index in [9.17, 15) is 14.9 Å². The van der Waals surface area contributed by atoms with Crippen molar-refractivity contribution in [2.75, 3.05) is 0 Å². The Bertz CT molecular complexity index is 685. The average molecular weight is 336 g/mol. The van der Waals surface area contributed by atoms with Gasteiger partial charge >= 0.3 is 0 Å². The van der Waals surface area contributed by atoms with Crippen molar-refractivity contribution in [1.29, 1.82) is 0 Å². The quantitative estimate of drug-likeness (QED) is 0.473. The summed E-state index contributed by atoms with van der Waals surface area (Å²) in [5.74, 6) is 0.687. The molecular formula is C14H10BrNO4. The molecule has 2 aromatic rings. The number of ether oxygens (including phenoxy) is 1. The van der Waals surface area contributed by atoms with Crippen LogP contribution in [-0.4, -0.2) is 10.7 Å². The second-order valence-electron chi connectivity index (χ2n) is 4.06. The molecule has 0 amide bonds. The summed E-state index contributed by atoms with van der Waals surface area (Å²) in [6.07, 6.45) is 0. The summed E-state index contributed by atoms with van der Waals surface area (Å²) in [7, 11) is 0. The monoisotopic (exact) mass is 335 g/mol. The maximum atomic E-state index is 11.3. The third-order valence-corrected chi connectivity index (χ3v) is 3.25. The number of carbonyl (C=O) groups excluding carboxylic acids is 1. The molecule has 0 fully saturated rings. The molecule has 0 spiro atoms. The molecule has 0 radical (unpaired) electrons. The summed E-state index contributed by atoms with van der Waals surface area (Å²) in [6.45, 7) is 1.46. The summed E-state index contributed by atoms with van der Waals surface area (Å²) in [4.78, 5) is 21.6. The summed E-state index contributed by atoms with van der Waals surface area (Å²) in [6, 6.07) is 10.9. The van der Waals surface area contributed by atoms with Crippen LogP contribution in [0.4, 0.5) is 5.69 Å². The molecular weight excluding hydrogens is 326 g/mol. The van der Waals surface area contributed by atoms with E-state index < -0.39 is 4.92 Å². The van der Waals surface area contributed by atoms with Gasteiger partial charge in [0.1, 0.15) is 11.5 Å². The van der Waals surface area contributed by atoms with E-state index in [1.54, 1.807) is 30.3 Å². The fourth-order valence-electron chi connectivity index (χ4n) is 1.59. The van der Waals surface area contributed by atoms with Crippen molar-refractivity contribution in [2.45, 2.75) is 6.92 Å². The lowest BCUT2D eigenvalue weighted by molar-refractivity contribution is -0.384. The third kappa shape index (κ3) is 3.21. The van der Waals surface area contributed by atoms with E-state index in [1.807, 2.05) is 0 Å². The first-order chi connectivity index (χ1) is 9.47. The predicted octanol–water partition coefficient (Wildman–Crippen LogP) is 4.35.